The lowest BCUT2D eigenvalue weighted by molar-refractivity contribution is -0.132. The van der Waals surface area contributed by atoms with Crippen LogP contribution in [0.2, 0.25) is 0 Å². The molecule has 2 unspecified atom stereocenters. The van der Waals surface area contributed by atoms with Gasteiger partial charge in [0.2, 0.25) is 0 Å². The van der Waals surface area contributed by atoms with Crippen molar-refractivity contribution in [3.63, 3.8) is 0 Å². The van der Waals surface area contributed by atoms with Crippen LogP contribution in [0.15, 0.2) is 54.6 Å². The van der Waals surface area contributed by atoms with E-state index in [-0.39, 0.29) is 11.9 Å². The van der Waals surface area contributed by atoms with Crippen molar-refractivity contribution in [2.75, 3.05) is 13.4 Å². The van der Waals surface area contributed by atoms with Gasteiger partial charge in [0.05, 0.1) is 5.25 Å². The maximum Gasteiger partial charge on any atom is 0.254 e. The lowest BCUT2D eigenvalue weighted by Gasteiger charge is -2.23. The van der Waals surface area contributed by atoms with E-state index in [2.05, 4.69) is 35.8 Å². The number of methoxy groups -OCH3 is 1. The third-order valence-electron chi connectivity index (χ3n) is 4.32. The Balaban J connectivity index is 1.75. The molecule has 0 bridgehead atoms. The van der Waals surface area contributed by atoms with E-state index in [1.165, 1.54) is 11.1 Å². The fraction of sp³-hybridized carbons (Fsp3) is 0.316. The molecule has 1 N–H and O–H groups in total. The number of carbonyl (C=O) groups excluding carboxylic acids is 1. The van der Waals surface area contributed by atoms with Crippen LogP contribution in [-0.4, -0.2) is 25.3 Å². The predicted molar refractivity (Wildman–Crippen MR) is 94.5 cm³/mol. The average molecular weight is 327 g/mol. The van der Waals surface area contributed by atoms with Crippen LogP contribution in [0.5, 0.6) is 0 Å². The molecule has 2 aromatic rings. The molecule has 0 spiro atoms. The Labute approximate surface area is 141 Å². The Morgan fingerprint density at radius 3 is 2.57 bits per heavy atom. The summed E-state index contributed by atoms with van der Waals surface area (Å²) < 4.78 is 5.44. The standard InChI is InChI=1S/C19H21NO2S/c1-22-17(13-8-4-3-5-9-13)19(21)20-16-12-14-10-6-7-11-15(14)18(16)23-2/h3-11,16-18H,12H2,1-2H3,(H,20,21)/t16?,17-,18?/m0/s1. The third kappa shape index (κ3) is 3.28. The molecule has 0 aliphatic heterocycles. The van der Waals surface area contributed by atoms with Gasteiger partial charge in [-0.2, -0.15) is 11.8 Å². The van der Waals surface area contributed by atoms with E-state index in [4.69, 9.17) is 4.74 Å². The summed E-state index contributed by atoms with van der Waals surface area (Å²) in [5.41, 5.74) is 3.54. The quantitative estimate of drug-likeness (QED) is 0.913. The average Bonchev–Trinajstić information content (AvgIpc) is 2.93. The van der Waals surface area contributed by atoms with Gasteiger partial charge < -0.3 is 10.1 Å². The first-order valence-electron chi connectivity index (χ1n) is 7.73. The van der Waals surface area contributed by atoms with Crippen molar-refractivity contribution in [2.24, 2.45) is 0 Å². The summed E-state index contributed by atoms with van der Waals surface area (Å²) in [6.45, 7) is 0. The number of hydrogen-bond donors (Lipinski definition) is 1. The summed E-state index contributed by atoms with van der Waals surface area (Å²) in [5, 5.41) is 3.49. The van der Waals surface area contributed by atoms with Crippen LogP contribution in [0.1, 0.15) is 28.0 Å². The fourth-order valence-electron chi connectivity index (χ4n) is 3.26. The summed E-state index contributed by atoms with van der Waals surface area (Å²) in [5.74, 6) is -0.0736. The van der Waals surface area contributed by atoms with Crippen molar-refractivity contribution in [1.82, 2.24) is 5.32 Å². The summed E-state index contributed by atoms with van der Waals surface area (Å²) in [4.78, 5) is 12.7. The fourth-order valence-corrected chi connectivity index (χ4v) is 4.23. The summed E-state index contributed by atoms with van der Waals surface area (Å²) in [6.07, 6.45) is 2.40. The molecule has 3 rings (SSSR count). The van der Waals surface area contributed by atoms with Crippen LogP contribution >= 0.6 is 11.8 Å². The number of amides is 1. The molecule has 0 saturated carbocycles. The van der Waals surface area contributed by atoms with Crippen LogP contribution in [0.4, 0.5) is 0 Å². The Bertz CT molecular complexity index is 674. The van der Waals surface area contributed by atoms with Gasteiger partial charge in [0, 0.05) is 13.2 Å². The molecule has 4 heteroatoms. The second-order valence-electron chi connectivity index (χ2n) is 5.70. The van der Waals surface area contributed by atoms with E-state index in [1.54, 1.807) is 18.9 Å². The maximum atomic E-state index is 12.7. The molecule has 3 atom stereocenters. The normalized spacial score (nSPS) is 20.8. The van der Waals surface area contributed by atoms with Gasteiger partial charge in [-0.15, -0.1) is 0 Å². The molecule has 23 heavy (non-hydrogen) atoms. The molecule has 1 aliphatic carbocycles. The van der Waals surface area contributed by atoms with E-state index in [0.29, 0.717) is 5.25 Å². The molecular weight excluding hydrogens is 306 g/mol. The number of rotatable bonds is 5. The highest BCUT2D eigenvalue weighted by Gasteiger charge is 2.34. The second-order valence-corrected chi connectivity index (χ2v) is 6.68. The summed E-state index contributed by atoms with van der Waals surface area (Å²) in [6, 6.07) is 18.2. The minimum Gasteiger partial charge on any atom is -0.367 e. The van der Waals surface area contributed by atoms with E-state index in [1.807, 2.05) is 30.3 Å². The number of benzene rings is 2. The molecule has 0 saturated heterocycles. The molecule has 0 heterocycles. The molecule has 1 amide bonds. The minimum absolute atomic E-state index is 0.0736. The topological polar surface area (TPSA) is 38.3 Å². The molecule has 0 aromatic heterocycles. The van der Waals surface area contributed by atoms with Crippen molar-refractivity contribution in [3.05, 3.63) is 71.3 Å². The highest BCUT2D eigenvalue weighted by molar-refractivity contribution is 7.98. The minimum atomic E-state index is -0.567. The zero-order valence-electron chi connectivity index (χ0n) is 13.4. The number of hydrogen-bond acceptors (Lipinski definition) is 3. The van der Waals surface area contributed by atoms with Crippen molar-refractivity contribution in [3.8, 4) is 0 Å². The van der Waals surface area contributed by atoms with Crippen LogP contribution in [0.25, 0.3) is 0 Å². The van der Waals surface area contributed by atoms with Gasteiger partial charge in [-0.1, -0.05) is 54.6 Å². The van der Waals surface area contributed by atoms with E-state index in [9.17, 15) is 4.79 Å². The van der Waals surface area contributed by atoms with Crippen molar-refractivity contribution in [1.29, 1.82) is 0 Å². The number of carbonyl (C=O) groups is 1. The largest absolute Gasteiger partial charge is 0.367 e. The van der Waals surface area contributed by atoms with Crippen LogP contribution < -0.4 is 5.32 Å². The van der Waals surface area contributed by atoms with Crippen molar-refractivity contribution in [2.45, 2.75) is 23.8 Å². The highest BCUT2D eigenvalue weighted by Crippen LogP contribution is 2.40. The molecule has 120 valence electrons. The maximum absolute atomic E-state index is 12.7. The first kappa shape index (κ1) is 16.1. The van der Waals surface area contributed by atoms with Gasteiger partial charge in [-0.05, 0) is 29.4 Å². The lowest BCUT2D eigenvalue weighted by Crippen LogP contribution is -2.40. The number of thioether (sulfide) groups is 1. The van der Waals surface area contributed by atoms with Crippen LogP contribution in [0, 0.1) is 0 Å². The Morgan fingerprint density at radius 1 is 1.17 bits per heavy atom. The molecule has 3 nitrogen and oxygen atoms in total. The number of fused-ring (bicyclic) bond motifs is 1. The Kier molecular flexibility index (Phi) is 5.03. The monoisotopic (exact) mass is 327 g/mol. The van der Waals surface area contributed by atoms with Crippen LogP contribution in [0.3, 0.4) is 0 Å². The molecule has 1 aliphatic rings. The van der Waals surface area contributed by atoms with Gasteiger partial charge >= 0.3 is 0 Å². The number of ether oxygens (including phenoxy) is 1. The Morgan fingerprint density at radius 2 is 1.87 bits per heavy atom. The molecule has 0 radical (unpaired) electrons. The Hall–Kier alpha value is -1.78. The van der Waals surface area contributed by atoms with E-state index in [0.717, 1.165) is 12.0 Å². The van der Waals surface area contributed by atoms with Gasteiger partial charge in [0.1, 0.15) is 0 Å². The zero-order valence-corrected chi connectivity index (χ0v) is 14.2. The van der Waals surface area contributed by atoms with E-state index >= 15 is 0 Å². The SMILES string of the molecule is CO[C@H](C(=O)NC1Cc2ccccc2C1SC)c1ccccc1. The van der Waals surface area contributed by atoms with Crippen molar-refractivity contribution >= 4 is 17.7 Å². The lowest BCUT2D eigenvalue weighted by atomic mass is 10.1. The van der Waals surface area contributed by atoms with E-state index < -0.39 is 6.10 Å². The highest BCUT2D eigenvalue weighted by atomic mass is 32.2. The first-order valence-corrected chi connectivity index (χ1v) is 9.02. The second kappa shape index (κ2) is 7.20. The van der Waals surface area contributed by atoms with Crippen molar-refractivity contribution < 1.29 is 9.53 Å². The van der Waals surface area contributed by atoms with Gasteiger partial charge in [-0.25, -0.2) is 0 Å². The third-order valence-corrected chi connectivity index (χ3v) is 5.41. The van der Waals surface area contributed by atoms with Gasteiger partial charge in [0.15, 0.2) is 6.10 Å². The van der Waals surface area contributed by atoms with Gasteiger partial charge in [0.25, 0.3) is 5.91 Å². The predicted octanol–water partition coefficient (Wildman–Crippen LogP) is 3.52. The number of nitrogens with one attached hydrogen (secondary N) is 1. The zero-order chi connectivity index (χ0) is 16.2. The first-order chi connectivity index (χ1) is 11.2. The smallest absolute Gasteiger partial charge is 0.254 e. The van der Waals surface area contributed by atoms with Crippen LogP contribution in [-0.2, 0) is 16.0 Å². The summed E-state index contributed by atoms with van der Waals surface area (Å²) >= 11 is 1.78. The molecule has 2 aromatic carbocycles. The summed E-state index contributed by atoms with van der Waals surface area (Å²) in [7, 11) is 1.58. The molecular formula is C19H21NO2S. The molecule has 0 fully saturated rings. The van der Waals surface area contributed by atoms with Gasteiger partial charge in [-0.3, -0.25) is 4.79 Å².